The van der Waals surface area contributed by atoms with Crippen molar-refractivity contribution in [3.8, 4) is 0 Å². The number of hydrogen-bond donors (Lipinski definition) is 3. The van der Waals surface area contributed by atoms with Crippen molar-refractivity contribution >= 4 is 11.9 Å². The molecule has 1 aliphatic rings. The molecule has 0 aromatic rings. The number of nitrogens with one attached hydrogen (secondary N) is 2. The first-order chi connectivity index (χ1) is 6.91. The minimum absolute atomic E-state index is 0.0688. The Morgan fingerprint density at radius 2 is 2.13 bits per heavy atom. The van der Waals surface area contributed by atoms with E-state index < -0.39 is 12.0 Å². The van der Waals surface area contributed by atoms with E-state index in [1.165, 1.54) is 0 Å². The molecule has 1 heterocycles. The lowest BCUT2D eigenvalue weighted by Crippen LogP contribution is -2.70. The summed E-state index contributed by atoms with van der Waals surface area (Å²) in [4.78, 5) is 21.8. The number of carboxylic acids is 1. The van der Waals surface area contributed by atoms with Crippen LogP contribution >= 0.6 is 0 Å². The van der Waals surface area contributed by atoms with Crippen LogP contribution in [0.15, 0.2) is 0 Å². The Bertz CT molecular complexity index is 265. The molecule has 0 aromatic carbocycles. The van der Waals surface area contributed by atoms with E-state index in [0.29, 0.717) is 5.92 Å². The smallest absolute Gasteiger partial charge is 0.320 e. The maximum Gasteiger partial charge on any atom is 0.320 e. The molecule has 1 saturated heterocycles. The van der Waals surface area contributed by atoms with Crippen molar-refractivity contribution in [2.45, 2.75) is 45.3 Å². The molecular weight excluding hydrogens is 196 g/mol. The molecule has 1 aliphatic heterocycles. The van der Waals surface area contributed by atoms with Gasteiger partial charge in [0.25, 0.3) is 0 Å². The van der Waals surface area contributed by atoms with Crippen molar-refractivity contribution in [3.05, 3.63) is 0 Å². The van der Waals surface area contributed by atoms with E-state index in [9.17, 15) is 9.59 Å². The van der Waals surface area contributed by atoms with Crippen LogP contribution in [0.4, 0.5) is 0 Å². The highest BCUT2D eigenvalue weighted by Crippen LogP contribution is 2.16. The van der Waals surface area contributed by atoms with Gasteiger partial charge in [-0.15, -0.1) is 0 Å². The highest BCUT2D eigenvalue weighted by molar-refractivity contribution is 5.90. The van der Waals surface area contributed by atoms with Crippen molar-refractivity contribution in [3.63, 3.8) is 0 Å². The first kappa shape index (κ1) is 12.0. The molecule has 3 N–H and O–H groups in total. The van der Waals surface area contributed by atoms with Gasteiger partial charge in [-0.3, -0.25) is 14.9 Å². The first-order valence-electron chi connectivity index (χ1n) is 5.21. The summed E-state index contributed by atoms with van der Waals surface area (Å²) in [7, 11) is 0. The molecule has 5 nitrogen and oxygen atoms in total. The number of carbonyl (C=O) groups excluding carboxylic acids is 1. The van der Waals surface area contributed by atoms with Crippen LogP contribution in [0.2, 0.25) is 0 Å². The molecule has 15 heavy (non-hydrogen) atoms. The zero-order valence-corrected chi connectivity index (χ0v) is 9.28. The molecule has 1 unspecified atom stereocenters. The molecule has 0 aromatic heterocycles. The summed E-state index contributed by atoms with van der Waals surface area (Å²) >= 11 is 0. The maximum atomic E-state index is 11.2. The molecule has 3 atom stereocenters. The number of β-lactam (4-membered cyclic amide) rings is 1. The highest BCUT2D eigenvalue weighted by Gasteiger charge is 2.40. The summed E-state index contributed by atoms with van der Waals surface area (Å²) < 4.78 is 0. The van der Waals surface area contributed by atoms with Crippen LogP contribution in [0.1, 0.15) is 27.2 Å². The van der Waals surface area contributed by atoms with Crippen LogP contribution in [0, 0.1) is 5.92 Å². The lowest BCUT2D eigenvalue weighted by atomic mass is 9.90. The Hall–Kier alpha value is -1.10. The van der Waals surface area contributed by atoms with Crippen molar-refractivity contribution in [2.75, 3.05) is 0 Å². The molecule has 1 amide bonds. The van der Waals surface area contributed by atoms with Gasteiger partial charge in [-0.1, -0.05) is 13.8 Å². The quantitative estimate of drug-likeness (QED) is 0.561. The van der Waals surface area contributed by atoms with Crippen LogP contribution in [0.25, 0.3) is 0 Å². The van der Waals surface area contributed by atoms with Gasteiger partial charge in [-0.25, -0.2) is 0 Å². The average molecular weight is 214 g/mol. The van der Waals surface area contributed by atoms with Crippen molar-refractivity contribution in [2.24, 2.45) is 5.92 Å². The van der Waals surface area contributed by atoms with E-state index in [1.54, 1.807) is 6.92 Å². The summed E-state index contributed by atoms with van der Waals surface area (Å²) in [6.07, 6.45) is 0.871. The molecule has 0 saturated carbocycles. The van der Waals surface area contributed by atoms with Gasteiger partial charge < -0.3 is 10.4 Å². The van der Waals surface area contributed by atoms with Gasteiger partial charge in [0.2, 0.25) is 5.91 Å². The minimum atomic E-state index is -0.932. The Kier molecular flexibility index (Phi) is 3.68. The van der Waals surface area contributed by atoms with Crippen molar-refractivity contribution in [1.29, 1.82) is 0 Å². The van der Waals surface area contributed by atoms with Crippen LogP contribution in [0.5, 0.6) is 0 Å². The van der Waals surface area contributed by atoms with Gasteiger partial charge in [0.15, 0.2) is 0 Å². The number of aliphatic carboxylic acids is 1. The first-order valence-corrected chi connectivity index (χ1v) is 5.21. The van der Waals surface area contributed by atoms with E-state index in [4.69, 9.17) is 5.11 Å². The second-order valence-corrected chi connectivity index (χ2v) is 4.45. The molecular formula is C10H18N2O3. The summed E-state index contributed by atoms with van der Waals surface area (Å²) in [5.41, 5.74) is 0. The predicted molar refractivity (Wildman–Crippen MR) is 55.4 cm³/mol. The molecule has 0 radical (unpaired) electrons. The summed E-state index contributed by atoms with van der Waals surface area (Å²) in [6.45, 7) is 5.69. The Balaban J connectivity index is 2.45. The van der Waals surface area contributed by atoms with Gasteiger partial charge >= 0.3 is 5.97 Å². The maximum absolute atomic E-state index is 11.2. The van der Waals surface area contributed by atoms with E-state index in [1.807, 2.05) is 0 Å². The molecule has 0 bridgehead atoms. The molecule has 0 spiro atoms. The van der Waals surface area contributed by atoms with Crippen molar-refractivity contribution < 1.29 is 14.7 Å². The number of carboxylic acid groups (broad SMARTS) is 1. The van der Waals surface area contributed by atoms with Crippen LogP contribution in [-0.4, -0.2) is 35.1 Å². The average Bonchev–Trinajstić information content (AvgIpc) is 2.12. The Morgan fingerprint density at radius 3 is 2.53 bits per heavy atom. The SMILES string of the molecule is CC(C)C[C@@H]1NC(=O)[C@H]1NC(C)C(=O)O. The van der Waals surface area contributed by atoms with Gasteiger partial charge in [-0.2, -0.15) is 0 Å². The number of carbonyl (C=O) groups is 2. The fraction of sp³-hybridized carbons (Fsp3) is 0.800. The monoisotopic (exact) mass is 214 g/mol. The molecule has 0 aliphatic carbocycles. The number of hydrogen-bond acceptors (Lipinski definition) is 3. The van der Waals surface area contributed by atoms with Gasteiger partial charge in [-0.05, 0) is 19.3 Å². The predicted octanol–water partition coefficient (Wildman–Crippen LogP) is -0.0378. The number of amides is 1. The van der Waals surface area contributed by atoms with Gasteiger partial charge in [0.05, 0.1) is 6.04 Å². The zero-order chi connectivity index (χ0) is 11.6. The van der Waals surface area contributed by atoms with Crippen molar-refractivity contribution in [1.82, 2.24) is 10.6 Å². The molecule has 86 valence electrons. The molecule has 1 fully saturated rings. The van der Waals surface area contributed by atoms with Gasteiger partial charge in [0.1, 0.15) is 12.1 Å². The third-order valence-corrected chi connectivity index (χ3v) is 2.54. The van der Waals surface area contributed by atoms with Crippen LogP contribution < -0.4 is 10.6 Å². The lowest BCUT2D eigenvalue weighted by Gasteiger charge is -2.39. The van der Waals surface area contributed by atoms with Crippen LogP contribution in [0.3, 0.4) is 0 Å². The lowest BCUT2D eigenvalue weighted by molar-refractivity contribution is -0.140. The van der Waals surface area contributed by atoms with Crippen LogP contribution in [-0.2, 0) is 9.59 Å². The summed E-state index contributed by atoms with van der Waals surface area (Å²) in [6, 6.07) is -0.964. The highest BCUT2D eigenvalue weighted by atomic mass is 16.4. The minimum Gasteiger partial charge on any atom is -0.480 e. The second kappa shape index (κ2) is 4.61. The molecule has 1 rings (SSSR count). The summed E-state index contributed by atoms with van der Waals surface area (Å²) in [5.74, 6) is -0.549. The standard InChI is InChI=1S/C10H18N2O3/c1-5(2)4-7-8(9(13)12-7)11-6(3)10(14)15/h5-8,11H,4H2,1-3H3,(H,12,13)(H,14,15)/t6?,7-,8-/m0/s1. The topological polar surface area (TPSA) is 78.4 Å². The third kappa shape index (κ3) is 2.92. The fourth-order valence-corrected chi connectivity index (χ4v) is 1.68. The summed E-state index contributed by atoms with van der Waals surface area (Å²) in [5, 5.41) is 14.3. The van der Waals surface area contributed by atoms with E-state index in [-0.39, 0.29) is 18.0 Å². The third-order valence-electron chi connectivity index (χ3n) is 2.54. The number of rotatable bonds is 5. The van der Waals surface area contributed by atoms with Gasteiger partial charge in [0, 0.05) is 0 Å². The van der Waals surface area contributed by atoms with E-state index >= 15 is 0 Å². The largest absolute Gasteiger partial charge is 0.480 e. The Morgan fingerprint density at radius 1 is 1.53 bits per heavy atom. The fourth-order valence-electron chi connectivity index (χ4n) is 1.68. The normalized spacial score (nSPS) is 27.1. The second-order valence-electron chi connectivity index (χ2n) is 4.45. The van der Waals surface area contributed by atoms with E-state index in [0.717, 1.165) is 6.42 Å². The Labute approximate surface area is 89.2 Å². The van der Waals surface area contributed by atoms with E-state index in [2.05, 4.69) is 24.5 Å². The molecule has 5 heteroatoms. The zero-order valence-electron chi connectivity index (χ0n) is 9.28.